The van der Waals surface area contributed by atoms with E-state index < -0.39 is 16.4 Å². The molecule has 1 saturated heterocycles. The van der Waals surface area contributed by atoms with Gasteiger partial charge >= 0.3 is 0 Å². The molecule has 2 rings (SSSR count). The highest BCUT2D eigenvalue weighted by Crippen LogP contribution is 2.22. The first-order chi connectivity index (χ1) is 8.56. The zero-order valence-corrected chi connectivity index (χ0v) is 10.5. The monoisotopic (exact) mass is 264 g/mol. The van der Waals surface area contributed by atoms with E-state index in [1.54, 1.807) is 6.07 Å². The summed E-state index contributed by atoms with van der Waals surface area (Å²) in [5.74, 6) is -0.670. The third-order valence-electron chi connectivity index (χ3n) is 2.56. The van der Waals surface area contributed by atoms with Crippen molar-refractivity contribution in [1.29, 1.82) is 0 Å². The fourth-order valence-electron chi connectivity index (χ4n) is 1.61. The predicted molar refractivity (Wildman–Crippen MR) is 69.3 cm³/mol. The summed E-state index contributed by atoms with van der Waals surface area (Å²) < 4.78 is 0. The fraction of sp³-hybridized carbons (Fsp3) is 0.250. The van der Waals surface area contributed by atoms with E-state index in [4.69, 9.17) is 0 Å². The Labute approximate surface area is 108 Å². The van der Waals surface area contributed by atoms with E-state index >= 15 is 0 Å². The van der Waals surface area contributed by atoms with Gasteiger partial charge in [-0.1, -0.05) is 30.0 Å². The Morgan fingerprint density at radius 2 is 2.11 bits per heavy atom. The Morgan fingerprint density at radius 3 is 2.72 bits per heavy atom. The summed E-state index contributed by atoms with van der Waals surface area (Å²) in [6, 6.07) is 7.38. The van der Waals surface area contributed by atoms with Gasteiger partial charge in [-0.15, -0.1) is 0 Å². The normalized spacial score (nSPS) is 18.6. The highest BCUT2D eigenvalue weighted by atomic mass is 32.2. The Hall–Kier alpha value is -1.82. The highest BCUT2D eigenvalue weighted by Gasteiger charge is 2.33. The van der Waals surface area contributed by atoms with Crippen LogP contribution in [0.1, 0.15) is 12.0 Å². The summed E-state index contributed by atoms with van der Waals surface area (Å²) in [6.45, 7) is 1.89. The van der Waals surface area contributed by atoms with E-state index in [1.807, 2.05) is 25.1 Å². The topological polar surface area (TPSA) is 75.3 Å². The van der Waals surface area contributed by atoms with Crippen molar-refractivity contribution in [2.75, 3.05) is 5.32 Å². The van der Waals surface area contributed by atoms with Crippen molar-refractivity contribution in [3.8, 4) is 0 Å². The first kappa shape index (κ1) is 12.6. The molecule has 0 aromatic heterocycles. The number of benzene rings is 1. The molecule has 1 aromatic rings. The van der Waals surface area contributed by atoms with Crippen molar-refractivity contribution in [3.05, 3.63) is 29.8 Å². The number of anilines is 1. The number of carbonyl (C=O) groups excluding carboxylic acids is 3. The molecule has 0 radical (unpaired) electrons. The number of imide groups is 1. The van der Waals surface area contributed by atoms with Gasteiger partial charge in [0, 0.05) is 12.1 Å². The number of nitrogens with one attached hydrogen (secondary N) is 2. The minimum Gasteiger partial charge on any atom is -0.326 e. The van der Waals surface area contributed by atoms with Gasteiger partial charge in [-0.25, -0.2) is 0 Å². The zero-order valence-electron chi connectivity index (χ0n) is 9.73. The van der Waals surface area contributed by atoms with Gasteiger partial charge in [0.1, 0.15) is 5.25 Å². The summed E-state index contributed by atoms with van der Waals surface area (Å²) in [5.41, 5.74) is 1.67. The molecule has 5 nitrogen and oxygen atoms in total. The summed E-state index contributed by atoms with van der Waals surface area (Å²) >= 11 is 0.856. The molecular weight excluding hydrogens is 252 g/mol. The van der Waals surface area contributed by atoms with Crippen LogP contribution >= 0.6 is 11.8 Å². The Morgan fingerprint density at radius 1 is 1.39 bits per heavy atom. The van der Waals surface area contributed by atoms with Gasteiger partial charge in [0.2, 0.25) is 11.8 Å². The van der Waals surface area contributed by atoms with Crippen molar-refractivity contribution < 1.29 is 14.4 Å². The first-order valence-electron chi connectivity index (χ1n) is 5.43. The smallest absolute Gasteiger partial charge is 0.286 e. The van der Waals surface area contributed by atoms with E-state index in [9.17, 15) is 14.4 Å². The molecule has 0 spiro atoms. The maximum atomic E-state index is 11.8. The van der Waals surface area contributed by atoms with E-state index in [0.29, 0.717) is 0 Å². The number of para-hydroxylation sites is 1. The maximum absolute atomic E-state index is 11.8. The molecular formula is C12H12N2O3S. The van der Waals surface area contributed by atoms with Crippen molar-refractivity contribution in [2.24, 2.45) is 0 Å². The van der Waals surface area contributed by atoms with Crippen LogP contribution in [0.4, 0.5) is 10.5 Å². The molecule has 0 aliphatic carbocycles. The van der Waals surface area contributed by atoms with Crippen LogP contribution in [0.5, 0.6) is 0 Å². The van der Waals surface area contributed by atoms with Gasteiger partial charge < -0.3 is 5.32 Å². The number of thioether (sulfide) groups is 1. The van der Waals surface area contributed by atoms with E-state index in [-0.39, 0.29) is 12.3 Å². The minimum atomic E-state index is -0.624. The van der Waals surface area contributed by atoms with Gasteiger partial charge in [0.05, 0.1) is 0 Å². The Balaban J connectivity index is 1.95. The number of hydrogen-bond acceptors (Lipinski definition) is 4. The highest BCUT2D eigenvalue weighted by molar-refractivity contribution is 8.15. The van der Waals surface area contributed by atoms with Crippen LogP contribution in [0, 0.1) is 6.92 Å². The van der Waals surface area contributed by atoms with Gasteiger partial charge in [-0.05, 0) is 18.6 Å². The van der Waals surface area contributed by atoms with Crippen LogP contribution in [0.2, 0.25) is 0 Å². The van der Waals surface area contributed by atoms with E-state index in [0.717, 1.165) is 23.0 Å². The number of carbonyl (C=O) groups is 3. The standard InChI is InChI=1S/C12H12N2O3S/c1-7-4-2-3-5-8(7)13-10(15)6-9-11(16)14-12(17)18-9/h2-5,9H,6H2,1H3,(H,13,15)(H,14,16,17)/t9-/m1/s1. The summed E-state index contributed by atoms with van der Waals surface area (Å²) in [4.78, 5) is 34.0. The molecule has 0 bridgehead atoms. The number of hydrogen-bond donors (Lipinski definition) is 2. The summed E-state index contributed by atoms with van der Waals surface area (Å²) in [6.07, 6.45) is -0.00340. The molecule has 6 heteroatoms. The Kier molecular flexibility index (Phi) is 3.66. The molecule has 94 valence electrons. The zero-order chi connectivity index (χ0) is 13.1. The van der Waals surface area contributed by atoms with Crippen LogP contribution in [0.25, 0.3) is 0 Å². The second-order valence-corrected chi connectivity index (χ2v) is 5.13. The van der Waals surface area contributed by atoms with E-state index in [1.165, 1.54) is 0 Å². The quantitative estimate of drug-likeness (QED) is 0.871. The number of amides is 3. The average molecular weight is 264 g/mol. The van der Waals surface area contributed by atoms with Crippen molar-refractivity contribution in [1.82, 2.24) is 5.32 Å². The van der Waals surface area contributed by atoms with Crippen LogP contribution in [0.15, 0.2) is 24.3 Å². The third kappa shape index (κ3) is 2.89. The molecule has 2 N–H and O–H groups in total. The third-order valence-corrected chi connectivity index (χ3v) is 3.54. The SMILES string of the molecule is Cc1ccccc1NC(=O)C[C@H]1SC(=O)NC1=O. The van der Waals surface area contributed by atoms with Crippen LogP contribution < -0.4 is 10.6 Å². The summed E-state index contributed by atoms with van der Waals surface area (Å²) in [5, 5.41) is 3.86. The maximum Gasteiger partial charge on any atom is 0.286 e. The van der Waals surface area contributed by atoms with Crippen LogP contribution in [0.3, 0.4) is 0 Å². The lowest BCUT2D eigenvalue weighted by atomic mass is 10.2. The molecule has 1 aliphatic rings. The molecule has 3 amide bonds. The number of rotatable bonds is 3. The summed E-state index contributed by atoms with van der Waals surface area (Å²) in [7, 11) is 0. The predicted octanol–water partition coefficient (Wildman–Crippen LogP) is 1.68. The average Bonchev–Trinajstić information content (AvgIpc) is 2.61. The molecule has 0 saturated carbocycles. The lowest BCUT2D eigenvalue weighted by Gasteiger charge is -2.09. The van der Waals surface area contributed by atoms with Crippen LogP contribution in [-0.4, -0.2) is 22.3 Å². The van der Waals surface area contributed by atoms with E-state index in [2.05, 4.69) is 10.6 Å². The fourth-order valence-corrected chi connectivity index (χ4v) is 2.43. The largest absolute Gasteiger partial charge is 0.326 e. The molecule has 1 fully saturated rings. The second-order valence-electron chi connectivity index (χ2n) is 3.95. The number of aryl methyl sites for hydroxylation is 1. The van der Waals surface area contributed by atoms with Crippen LogP contribution in [-0.2, 0) is 9.59 Å². The van der Waals surface area contributed by atoms with Crippen molar-refractivity contribution in [3.63, 3.8) is 0 Å². The minimum absolute atomic E-state index is 0.00340. The molecule has 1 atom stereocenters. The Bertz CT molecular complexity index is 516. The first-order valence-corrected chi connectivity index (χ1v) is 6.31. The van der Waals surface area contributed by atoms with Gasteiger partial charge in [-0.2, -0.15) is 0 Å². The van der Waals surface area contributed by atoms with Gasteiger partial charge in [-0.3, -0.25) is 19.7 Å². The van der Waals surface area contributed by atoms with Gasteiger partial charge in [0.25, 0.3) is 5.24 Å². The second kappa shape index (κ2) is 5.22. The van der Waals surface area contributed by atoms with Crippen molar-refractivity contribution >= 4 is 34.5 Å². The molecule has 0 unspecified atom stereocenters. The van der Waals surface area contributed by atoms with Gasteiger partial charge in [0.15, 0.2) is 0 Å². The molecule has 1 aliphatic heterocycles. The molecule has 18 heavy (non-hydrogen) atoms. The lowest BCUT2D eigenvalue weighted by molar-refractivity contribution is -0.122. The molecule has 1 aromatic carbocycles. The molecule has 1 heterocycles. The lowest BCUT2D eigenvalue weighted by Crippen LogP contribution is -2.27. The van der Waals surface area contributed by atoms with Crippen molar-refractivity contribution in [2.45, 2.75) is 18.6 Å².